The van der Waals surface area contributed by atoms with E-state index < -0.39 is 10.0 Å². The number of nitrogens with zero attached hydrogens (tertiary/aromatic N) is 1. The molecule has 0 unspecified atom stereocenters. The Hall–Kier alpha value is -0.170. The molecule has 0 bridgehead atoms. The van der Waals surface area contributed by atoms with Crippen LogP contribution in [0.25, 0.3) is 0 Å². The summed E-state index contributed by atoms with van der Waals surface area (Å²) in [5.41, 5.74) is 0. The van der Waals surface area contributed by atoms with Gasteiger partial charge in [-0.05, 0) is 32.7 Å². The highest BCUT2D eigenvalue weighted by molar-refractivity contribution is 7.88. The van der Waals surface area contributed by atoms with E-state index in [9.17, 15) is 13.5 Å². The molecule has 5 nitrogen and oxygen atoms in total. The van der Waals surface area contributed by atoms with Crippen molar-refractivity contribution in [3.05, 3.63) is 0 Å². The van der Waals surface area contributed by atoms with Gasteiger partial charge in [-0.25, -0.2) is 13.1 Å². The summed E-state index contributed by atoms with van der Waals surface area (Å²) in [6.45, 7) is 3.81. The minimum absolute atomic E-state index is 0.329. The van der Waals surface area contributed by atoms with E-state index in [4.69, 9.17) is 0 Å². The van der Waals surface area contributed by atoms with E-state index in [1.807, 2.05) is 6.92 Å². The number of aliphatic hydroxyl groups excluding tert-OH is 1. The average molecular weight is 292 g/mol. The molecule has 0 aromatic rings. The van der Waals surface area contributed by atoms with Crippen LogP contribution in [-0.2, 0) is 10.0 Å². The van der Waals surface area contributed by atoms with Crippen molar-refractivity contribution in [2.24, 2.45) is 0 Å². The van der Waals surface area contributed by atoms with Gasteiger partial charge in [-0.1, -0.05) is 19.3 Å². The van der Waals surface area contributed by atoms with Gasteiger partial charge in [0.05, 0.1) is 12.4 Å². The molecule has 1 aliphatic carbocycles. The zero-order chi connectivity index (χ0) is 14.3. The second-order valence-electron chi connectivity index (χ2n) is 5.66. The fourth-order valence-corrected chi connectivity index (χ4v) is 3.26. The van der Waals surface area contributed by atoms with Gasteiger partial charge in [0.25, 0.3) is 0 Å². The van der Waals surface area contributed by atoms with Crippen LogP contribution in [0.4, 0.5) is 0 Å². The van der Waals surface area contributed by atoms with Crippen molar-refractivity contribution in [3.63, 3.8) is 0 Å². The lowest BCUT2D eigenvalue weighted by molar-refractivity contribution is 0.0818. The summed E-state index contributed by atoms with van der Waals surface area (Å²) >= 11 is 0. The molecule has 1 atom stereocenters. The molecule has 0 aliphatic heterocycles. The Morgan fingerprint density at radius 1 is 1.32 bits per heavy atom. The Morgan fingerprint density at radius 3 is 2.47 bits per heavy atom. The van der Waals surface area contributed by atoms with Gasteiger partial charge in [-0.3, -0.25) is 4.90 Å². The molecule has 0 amide bonds. The van der Waals surface area contributed by atoms with Crippen LogP contribution in [0, 0.1) is 0 Å². The second-order valence-corrected chi connectivity index (χ2v) is 7.49. The minimum atomic E-state index is -3.09. The van der Waals surface area contributed by atoms with Crippen LogP contribution in [0.2, 0.25) is 0 Å². The van der Waals surface area contributed by atoms with Crippen LogP contribution >= 0.6 is 0 Å². The van der Waals surface area contributed by atoms with Gasteiger partial charge in [-0.2, -0.15) is 0 Å². The van der Waals surface area contributed by atoms with Crippen LogP contribution in [-0.4, -0.2) is 56.5 Å². The van der Waals surface area contributed by atoms with Crippen LogP contribution < -0.4 is 4.72 Å². The Balaban J connectivity index is 2.36. The highest BCUT2D eigenvalue weighted by Gasteiger charge is 2.21. The largest absolute Gasteiger partial charge is 0.392 e. The number of rotatable bonds is 8. The van der Waals surface area contributed by atoms with Gasteiger partial charge < -0.3 is 5.11 Å². The summed E-state index contributed by atoms with van der Waals surface area (Å²) in [4.78, 5) is 2.33. The van der Waals surface area contributed by atoms with Crippen LogP contribution in [0.5, 0.6) is 0 Å². The van der Waals surface area contributed by atoms with E-state index in [0.717, 1.165) is 13.0 Å². The fourth-order valence-electron chi connectivity index (χ4n) is 2.75. The summed E-state index contributed by atoms with van der Waals surface area (Å²) in [5, 5.41) is 9.59. The van der Waals surface area contributed by atoms with Crippen molar-refractivity contribution in [1.82, 2.24) is 9.62 Å². The van der Waals surface area contributed by atoms with Crippen molar-refractivity contribution < 1.29 is 13.5 Å². The minimum Gasteiger partial charge on any atom is -0.392 e. The SMILES string of the molecule is C[C@@H](O)CN(CCCNS(C)(=O)=O)C1CCCCC1. The number of aliphatic hydroxyl groups is 1. The van der Waals surface area contributed by atoms with E-state index in [0.29, 0.717) is 19.1 Å². The van der Waals surface area contributed by atoms with Crippen LogP contribution in [0.3, 0.4) is 0 Å². The zero-order valence-corrected chi connectivity index (χ0v) is 13.0. The molecule has 19 heavy (non-hydrogen) atoms. The van der Waals surface area contributed by atoms with Crippen molar-refractivity contribution in [1.29, 1.82) is 0 Å². The summed E-state index contributed by atoms with van der Waals surface area (Å²) in [7, 11) is -3.09. The normalized spacial score (nSPS) is 19.8. The smallest absolute Gasteiger partial charge is 0.208 e. The molecular weight excluding hydrogens is 264 g/mol. The zero-order valence-electron chi connectivity index (χ0n) is 12.1. The lowest BCUT2D eigenvalue weighted by atomic mass is 9.94. The van der Waals surface area contributed by atoms with E-state index >= 15 is 0 Å². The third-order valence-corrected chi connectivity index (χ3v) is 4.30. The van der Waals surface area contributed by atoms with Crippen molar-refractivity contribution in [2.45, 2.75) is 57.6 Å². The molecule has 1 aliphatic rings. The third-order valence-electron chi connectivity index (χ3n) is 3.58. The van der Waals surface area contributed by atoms with Crippen LogP contribution in [0.15, 0.2) is 0 Å². The molecule has 1 rings (SSSR count). The van der Waals surface area contributed by atoms with Gasteiger partial charge >= 0.3 is 0 Å². The quantitative estimate of drug-likeness (QED) is 0.653. The average Bonchev–Trinajstić information content (AvgIpc) is 2.32. The monoisotopic (exact) mass is 292 g/mol. The van der Waals surface area contributed by atoms with Crippen molar-refractivity contribution >= 4 is 10.0 Å². The Morgan fingerprint density at radius 2 is 1.95 bits per heavy atom. The maximum absolute atomic E-state index is 11.0. The summed E-state index contributed by atoms with van der Waals surface area (Å²) in [6.07, 6.45) is 7.89. The number of sulfonamides is 1. The number of hydrogen-bond donors (Lipinski definition) is 2. The first-order chi connectivity index (χ1) is 8.88. The molecule has 0 heterocycles. The third kappa shape index (κ3) is 7.87. The van der Waals surface area contributed by atoms with Gasteiger partial charge in [-0.15, -0.1) is 0 Å². The molecule has 1 fully saturated rings. The van der Waals surface area contributed by atoms with E-state index in [2.05, 4.69) is 9.62 Å². The highest BCUT2D eigenvalue weighted by atomic mass is 32.2. The maximum atomic E-state index is 11.0. The van der Waals surface area contributed by atoms with E-state index in [1.165, 1.54) is 38.4 Å². The topological polar surface area (TPSA) is 69.6 Å². The predicted molar refractivity (Wildman–Crippen MR) is 77.6 cm³/mol. The molecule has 114 valence electrons. The number of nitrogens with one attached hydrogen (secondary N) is 1. The molecule has 2 N–H and O–H groups in total. The molecule has 0 aromatic carbocycles. The first-order valence-corrected chi connectivity index (χ1v) is 9.14. The molecule has 0 aromatic heterocycles. The molecule has 1 saturated carbocycles. The predicted octanol–water partition coefficient (Wildman–Crippen LogP) is 0.941. The van der Waals surface area contributed by atoms with Gasteiger partial charge in [0, 0.05) is 19.1 Å². The Labute approximate surface area is 117 Å². The molecular formula is C13H28N2O3S. The van der Waals surface area contributed by atoms with Gasteiger partial charge in [0.15, 0.2) is 0 Å². The standard InChI is InChI=1S/C13H28N2O3S/c1-12(16)11-15(13-7-4-3-5-8-13)10-6-9-14-19(2,17)18/h12-14,16H,3-11H2,1-2H3/t12-/m1/s1. The maximum Gasteiger partial charge on any atom is 0.208 e. The summed E-state index contributed by atoms with van der Waals surface area (Å²) < 4.78 is 24.5. The molecule has 0 saturated heterocycles. The Kier molecular flexibility index (Phi) is 7.28. The first kappa shape index (κ1) is 16.9. The number of hydrogen-bond acceptors (Lipinski definition) is 4. The second kappa shape index (κ2) is 8.19. The lowest BCUT2D eigenvalue weighted by Crippen LogP contribution is -2.42. The fraction of sp³-hybridized carbons (Fsp3) is 1.00. The van der Waals surface area contributed by atoms with E-state index in [1.54, 1.807) is 0 Å². The lowest BCUT2D eigenvalue weighted by Gasteiger charge is -2.35. The Bertz CT molecular complexity index is 338. The molecule has 0 radical (unpaired) electrons. The highest BCUT2D eigenvalue weighted by Crippen LogP contribution is 2.22. The van der Waals surface area contributed by atoms with Gasteiger partial charge in [0.2, 0.25) is 10.0 Å². The van der Waals surface area contributed by atoms with Gasteiger partial charge in [0.1, 0.15) is 0 Å². The van der Waals surface area contributed by atoms with E-state index in [-0.39, 0.29) is 6.10 Å². The first-order valence-electron chi connectivity index (χ1n) is 7.25. The molecule has 0 spiro atoms. The van der Waals surface area contributed by atoms with Crippen molar-refractivity contribution in [2.75, 3.05) is 25.9 Å². The summed E-state index contributed by atoms with van der Waals surface area (Å²) in [6, 6.07) is 0.557. The van der Waals surface area contributed by atoms with Crippen molar-refractivity contribution in [3.8, 4) is 0 Å². The van der Waals surface area contributed by atoms with Crippen LogP contribution in [0.1, 0.15) is 45.4 Å². The molecule has 6 heteroatoms. The summed E-state index contributed by atoms with van der Waals surface area (Å²) in [5.74, 6) is 0.